The van der Waals surface area contributed by atoms with Crippen LogP contribution < -0.4 is 4.90 Å². The fourth-order valence-corrected chi connectivity index (χ4v) is 3.19. The predicted molar refractivity (Wildman–Crippen MR) is 129 cm³/mol. The molecule has 6 nitrogen and oxygen atoms in total. The van der Waals surface area contributed by atoms with E-state index in [1.54, 1.807) is 12.2 Å². The van der Waals surface area contributed by atoms with Gasteiger partial charge in [-0.2, -0.15) is 9.61 Å². The van der Waals surface area contributed by atoms with Crippen molar-refractivity contribution in [1.82, 2.24) is 14.6 Å². The summed E-state index contributed by atoms with van der Waals surface area (Å²) < 4.78 is 7.32. The van der Waals surface area contributed by atoms with E-state index in [-0.39, 0.29) is 5.78 Å². The molecule has 166 valence electrons. The van der Waals surface area contributed by atoms with Crippen molar-refractivity contribution in [3.63, 3.8) is 0 Å². The fraction of sp³-hybridized carbons (Fsp3) is 0.400. The van der Waals surface area contributed by atoms with Gasteiger partial charge < -0.3 is 9.64 Å². The van der Waals surface area contributed by atoms with E-state index in [1.807, 2.05) is 68.6 Å². The Bertz CT molecular complexity index is 977. The monoisotopic (exact) mass is 422 g/mol. The first kappa shape index (κ1) is 24.3. The number of nitrogens with zero attached hydrogens (tertiary/aromatic N) is 4. The summed E-state index contributed by atoms with van der Waals surface area (Å²) in [6, 6.07) is 3.76. The molecule has 0 saturated carbocycles. The predicted octanol–water partition coefficient (Wildman–Crippen LogP) is 5.28. The number of morpholine rings is 1. The van der Waals surface area contributed by atoms with Gasteiger partial charge in [-0.05, 0) is 26.3 Å². The smallest absolute Gasteiger partial charge is 0.204 e. The molecule has 0 spiro atoms. The van der Waals surface area contributed by atoms with Crippen molar-refractivity contribution in [3.8, 4) is 0 Å². The van der Waals surface area contributed by atoms with Crippen LogP contribution in [0, 0.1) is 0 Å². The Morgan fingerprint density at radius 3 is 2.45 bits per heavy atom. The minimum absolute atomic E-state index is 0.109. The molecular weight excluding hydrogens is 388 g/mol. The van der Waals surface area contributed by atoms with Crippen molar-refractivity contribution in [3.05, 3.63) is 66.1 Å². The van der Waals surface area contributed by atoms with E-state index in [2.05, 4.69) is 22.9 Å². The molecule has 0 amide bonds. The minimum Gasteiger partial charge on any atom is -0.378 e. The first-order valence-corrected chi connectivity index (χ1v) is 11.1. The molecule has 1 aliphatic heterocycles. The van der Waals surface area contributed by atoms with Crippen molar-refractivity contribution in [2.75, 3.05) is 31.2 Å². The van der Waals surface area contributed by atoms with E-state index in [4.69, 9.17) is 9.84 Å². The molecule has 0 bridgehead atoms. The van der Waals surface area contributed by atoms with Gasteiger partial charge in [-0.3, -0.25) is 4.79 Å². The molecule has 0 radical (unpaired) electrons. The fourth-order valence-electron chi connectivity index (χ4n) is 3.19. The Labute approximate surface area is 185 Å². The largest absolute Gasteiger partial charge is 0.378 e. The molecule has 0 unspecified atom stereocenters. The van der Waals surface area contributed by atoms with Crippen LogP contribution in [0.5, 0.6) is 0 Å². The molecule has 1 aliphatic rings. The number of aromatic nitrogens is 3. The summed E-state index contributed by atoms with van der Waals surface area (Å²) in [4.78, 5) is 19.3. The molecule has 2 aromatic heterocycles. The van der Waals surface area contributed by atoms with Gasteiger partial charge in [0.1, 0.15) is 11.5 Å². The summed E-state index contributed by atoms with van der Waals surface area (Å²) >= 11 is 0. The number of hydrogen-bond donors (Lipinski definition) is 0. The summed E-state index contributed by atoms with van der Waals surface area (Å²) in [6.07, 6.45) is 14.5. The van der Waals surface area contributed by atoms with E-state index >= 15 is 0 Å². The molecular formula is C25H34N4O2. The van der Waals surface area contributed by atoms with Crippen LogP contribution in [0.15, 0.2) is 54.7 Å². The molecule has 6 heteroatoms. The SMILES string of the molecule is CC.C\C=C/C(=C\C=C\CC)c1cc2nc(C(=O)/C=C/C)cc(N3CCOCC3)n2n1. The number of allylic oxidation sites excluding steroid dienone is 8. The summed E-state index contributed by atoms with van der Waals surface area (Å²) in [5.74, 6) is 0.753. The van der Waals surface area contributed by atoms with Crippen LogP contribution in [-0.4, -0.2) is 46.7 Å². The summed E-state index contributed by atoms with van der Waals surface area (Å²) in [5.41, 5.74) is 2.90. The molecule has 0 aliphatic carbocycles. The first-order chi connectivity index (χ1) is 15.2. The first-order valence-electron chi connectivity index (χ1n) is 11.1. The van der Waals surface area contributed by atoms with E-state index in [1.165, 1.54) is 0 Å². The molecule has 3 rings (SSSR count). The van der Waals surface area contributed by atoms with Crippen LogP contribution in [0.25, 0.3) is 11.2 Å². The lowest BCUT2D eigenvalue weighted by Crippen LogP contribution is -2.37. The second kappa shape index (κ2) is 12.6. The van der Waals surface area contributed by atoms with Crippen molar-refractivity contribution in [2.45, 2.75) is 41.0 Å². The summed E-state index contributed by atoms with van der Waals surface area (Å²) in [6.45, 7) is 12.7. The quantitative estimate of drug-likeness (QED) is 0.345. The van der Waals surface area contributed by atoms with Crippen molar-refractivity contribution >= 4 is 22.8 Å². The average Bonchev–Trinajstić information content (AvgIpc) is 3.24. The molecule has 0 aromatic carbocycles. The standard InChI is InChI=1S/C23H28N4O2.C2H6/c1-4-7-8-11-18(9-5-2)19-16-22-24-20(21(28)10-6-3)17-23(27(22)25-19)26-12-14-29-15-13-26;1-2/h5-11,16-17H,4,12-15H2,1-3H3;1-2H3/b8-7+,9-5-,10-6+,18-11+;. The normalized spacial score (nSPS) is 15.3. The highest BCUT2D eigenvalue weighted by Crippen LogP contribution is 2.23. The lowest BCUT2D eigenvalue weighted by molar-refractivity contribution is 0.104. The molecule has 0 atom stereocenters. The van der Waals surface area contributed by atoms with Crippen LogP contribution in [0.2, 0.25) is 0 Å². The Hall–Kier alpha value is -2.99. The summed E-state index contributed by atoms with van der Waals surface area (Å²) in [7, 11) is 0. The number of ether oxygens (including phenoxy) is 1. The highest BCUT2D eigenvalue weighted by atomic mass is 16.5. The number of fused-ring (bicyclic) bond motifs is 1. The Balaban J connectivity index is 0.00000166. The third-order valence-electron chi connectivity index (χ3n) is 4.60. The van der Waals surface area contributed by atoms with Crippen LogP contribution >= 0.6 is 0 Å². The lowest BCUT2D eigenvalue weighted by Gasteiger charge is -2.29. The number of hydrogen-bond acceptors (Lipinski definition) is 5. The van der Waals surface area contributed by atoms with E-state index in [9.17, 15) is 4.79 Å². The highest BCUT2D eigenvalue weighted by molar-refractivity contribution is 6.03. The summed E-state index contributed by atoms with van der Waals surface area (Å²) in [5, 5.41) is 4.82. The van der Waals surface area contributed by atoms with Gasteiger partial charge in [0.15, 0.2) is 5.65 Å². The minimum atomic E-state index is -0.109. The van der Waals surface area contributed by atoms with E-state index < -0.39 is 0 Å². The number of ketones is 1. The van der Waals surface area contributed by atoms with E-state index in [0.29, 0.717) is 24.6 Å². The second-order valence-corrected chi connectivity index (χ2v) is 6.72. The second-order valence-electron chi connectivity index (χ2n) is 6.72. The Morgan fingerprint density at radius 2 is 1.81 bits per heavy atom. The third kappa shape index (κ3) is 6.25. The van der Waals surface area contributed by atoms with Gasteiger partial charge >= 0.3 is 0 Å². The van der Waals surface area contributed by atoms with Crippen LogP contribution in [-0.2, 0) is 4.74 Å². The topological polar surface area (TPSA) is 59.7 Å². The zero-order valence-corrected chi connectivity index (χ0v) is 19.3. The van der Waals surface area contributed by atoms with Gasteiger partial charge in [0.05, 0.1) is 18.9 Å². The van der Waals surface area contributed by atoms with Gasteiger partial charge in [-0.1, -0.05) is 57.2 Å². The van der Waals surface area contributed by atoms with Crippen molar-refractivity contribution in [1.29, 1.82) is 0 Å². The van der Waals surface area contributed by atoms with E-state index in [0.717, 1.165) is 36.6 Å². The van der Waals surface area contributed by atoms with Gasteiger partial charge in [-0.25, -0.2) is 4.98 Å². The number of anilines is 1. The maximum absolute atomic E-state index is 12.5. The molecule has 1 fully saturated rings. The average molecular weight is 423 g/mol. The van der Waals surface area contributed by atoms with Gasteiger partial charge in [0.2, 0.25) is 5.78 Å². The molecule has 0 N–H and O–H groups in total. The Morgan fingerprint density at radius 1 is 1.10 bits per heavy atom. The number of rotatable bonds is 7. The van der Waals surface area contributed by atoms with Gasteiger partial charge in [0.25, 0.3) is 0 Å². The van der Waals surface area contributed by atoms with Crippen LogP contribution in [0.1, 0.15) is 57.2 Å². The zero-order chi connectivity index (χ0) is 22.6. The molecule has 1 saturated heterocycles. The number of carbonyl (C=O) groups excluding carboxylic acids is 1. The van der Waals surface area contributed by atoms with Crippen molar-refractivity contribution in [2.24, 2.45) is 0 Å². The van der Waals surface area contributed by atoms with Gasteiger partial charge in [0, 0.05) is 30.8 Å². The van der Waals surface area contributed by atoms with Gasteiger partial charge in [-0.15, -0.1) is 0 Å². The molecule has 2 aromatic rings. The Kier molecular flexibility index (Phi) is 9.91. The highest BCUT2D eigenvalue weighted by Gasteiger charge is 2.19. The van der Waals surface area contributed by atoms with Crippen LogP contribution in [0.4, 0.5) is 5.82 Å². The maximum Gasteiger partial charge on any atom is 0.204 e. The van der Waals surface area contributed by atoms with Crippen LogP contribution in [0.3, 0.4) is 0 Å². The molecule has 3 heterocycles. The molecule has 31 heavy (non-hydrogen) atoms. The zero-order valence-electron chi connectivity index (χ0n) is 19.3. The number of carbonyl (C=O) groups is 1. The third-order valence-corrected chi connectivity index (χ3v) is 4.60. The maximum atomic E-state index is 12.5. The van der Waals surface area contributed by atoms with Crippen molar-refractivity contribution < 1.29 is 9.53 Å². The lowest BCUT2D eigenvalue weighted by atomic mass is 10.1.